The predicted molar refractivity (Wildman–Crippen MR) is 67.8 cm³/mol. The topological polar surface area (TPSA) is 48.0 Å². The molecule has 0 spiro atoms. The Hall–Kier alpha value is -1.25. The maximum Gasteiger partial charge on any atom is 0.186 e. The smallest absolute Gasteiger partial charge is 0.186 e. The molecule has 0 fully saturated rings. The van der Waals surface area contributed by atoms with E-state index < -0.39 is 5.41 Å². The lowest BCUT2D eigenvalue weighted by Crippen LogP contribution is -2.25. The van der Waals surface area contributed by atoms with Crippen LogP contribution in [0.5, 0.6) is 0 Å². The molecule has 90 valence electrons. The summed E-state index contributed by atoms with van der Waals surface area (Å²) in [4.78, 5) is 12.3. The van der Waals surface area contributed by atoms with E-state index in [4.69, 9.17) is 5.73 Å². The number of carbonyl (C=O) groups excluding carboxylic acids is 1. The fraction of sp³-hybridized carbons (Fsp3) is 0.615. The van der Waals surface area contributed by atoms with Crippen LogP contribution in [0.4, 0.5) is 5.69 Å². The van der Waals surface area contributed by atoms with Crippen LogP contribution in [0.15, 0.2) is 6.07 Å². The molecule has 0 aliphatic carbocycles. The first-order chi connectivity index (χ1) is 7.16. The van der Waals surface area contributed by atoms with Crippen LogP contribution in [0.3, 0.4) is 0 Å². The molecule has 0 saturated heterocycles. The maximum atomic E-state index is 12.3. The van der Waals surface area contributed by atoms with E-state index in [0.717, 1.165) is 5.69 Å². The molecule has 1 heterocycles. The molecule has 16 heavy (non-hydrogen) atoms. The van der Waals surface area contributed by atoms with Gasteiger partial charge in [0.1, 0.15) is 5.69 Å². The first kappa shape index (κ1) is 12.8. The summed E-state index contributed by atoms with van der Waals surface area (Å²) < 4.78 is 2.02. The summed E-state index contributed by atoms with van der Waals surface area (Å²) in [5.74, 6) is 0.104. The minimum atomic E-state index is -0.397. The van der Waals surface area contributed by atoms with Gasteiger partial charge in [-0.05, 0) is 26.8 Å². The summed E-state index contributed by atoms with van der Waals surface area (Å²) >= 11 is 0. The molecule has 0 aromatic carbocycles. The van der Waals surface area contributed by atoms with E-state index in [9.17, 15) is 4.79 Å². The largest absolute Gasteiger partial charge is 0.397 e. The van der Waals surface area contributed by atoms with Crippen LogP contribution in [-0.2, 0) is 0 Å². The molecular weight excluding hydrogens is 200 g/mol. The van der Waals surface area contributed by atoms with Crippen LogP contribution in [-0.4, -0.2) is 10.4 Å². The molecule has 1 aromatic rings. The number of nitrogens with two attached hydrogens (primary N) is 1. The monoisotopic (exact) mass is 222 g/mol. The molecule has 0 atom stereocenters. The standard InChI is InChI=1S/C13H22N2O/c1-8(2)15-9(3)7-10(14)11(15)12(16)13(4,5)6/h7-8H,14H2,1-6H3. The highest BCUT2D eigenvalue weighted by molar-refractivity contribution is 6.03. The van der Waals surface area contributed by atoms with E-state index in [-0.39, 0.29) is 11.8 Å². The van der Waals surface area contributed by atoms with Gasteiger partial charge >= 0.3 is 0 Å². The number of Topliss-reactive ketones (excluding diaryl/α,β-unsaturated/α-hetero) is 1. The van der Waals surface area contributed by atoms with Gasteiger partial charge < -0.3 is 10.3 Å². The molecule has 0 aliphatic rings. The lowest BCUT2D eigenvalue weighted by molar-refractivity contribution is 0.0847. The second-order valence-corrected chi connectivity index (χ2v) is 5.63. The van der Waals surface area contributed by atoms with Gasteiger partial charge in [0.25, 0.3) is 0 Å². The van der Waals surface area contributed by atoms with Crippen LogP contribution in [0, 0.1) is 12.3 Å². The average molecular weight is 222 g/mol. The third-order valence-electron chi connectivity index (χ3n) is 2.67. The molecule has 3 nitrogen and oxygen atoms in total. The zero-order valence-corrected chi connectivity index (χ0v) is 11.1. The summed E-state index contributed by atoms with van der Waals surface area (Å²) in [6, 6.07) is 2.12. The quantitative estimate of drug-likeness (QED) is 0.781. The van der Waals surface area contributed by atoms with Gasteiger partial charge in [-0.1, -0.05) is 20.8 Å². The number of ketones is 1. The summed E-state index contributed by atoms with van der Waals surface area (Å²) in [6.07, 6.45) is 0. The number of nitrogens with zero attached hydrogens (tertiary/aromatic N) is 1. The third-order valence-corrected chi connectivity index (χ3v) is 2.67. The Kier molecular flexibility index (Phi) is 3.17. The molecule has 0 aliphatic heterocycles. The Bertz CT molecular complexity index is 408. The Morgan fingerprint density at radius 1 is 1.38 bits per heavy atom. The number of hydrogen-bond acceptors (Lipinski definition) is 2. The summed E-state index contributed by atoms with van der Waals surface area (Å²) in [7, 11) is 0. The highest BCUT2D eigenvalue weighted by Crippen LogP contribution is 2.29. The SMILES string of the molecule is Cc1cc(N)c(C(=O)C(C)(C)C)n1C(C)C. The Morgan fingerprint density at radius 3 is 2.25 bits per heavy atom. The number of aromatic nitrogens is 1. The fourth-order valence-electron chi connectivity index (χ4n) is 1.94. The number of aryl methyl sites for hydroxylation is 1. The van der Waals surface area contributed by atoms with Gasteiger partial charge in [0.15, 0.2) is 5.78 Å². The Labute approximate surface area is 97.6 Å². The zero-order chi connectivity index (χ0) is 12.7. The van der Waals surface area contributed by atoms with E-state index in [1.165, 1.54) is 0 Å². The number of rotatable bonds is 2. The van der Waals surface area contributed by atoms with E-state index in [0.29, 0.717) is 11.4 Å². The molecule has 1 aromatic heterocycles. The van der Waals surface area contributed by atoms with Crippen LogP contribution >= 0.6 is 0 Å². The molecule has 3 heteroatoms. The van der Waals surface area contributed by atoms with Crippen molar-refractivity contribution in [2.24, 2.45) is 5.41 Å². The van der Waals surface area contributed by atoms with Crippen molar-refractivity contribution < 1.29 is 4.79 Å². The van der Waals surface area contributed by atoms with E-state index in [1.807, 2.05) is 38.3 Å². The van der Waals surface area contributed by atoms with Crippen LogP contribution in [0.2, 0.25) is 0 Å². The van der Waals surface area contributed by atoms with Crippen molar-refractivity contribution in [1.29, 1.82) is 0 Å². The number of carbonyl (C=O) groups is 1. The lowest BCUT2D eigenvalue weighted by Gasteiger charge is -2.21. The number of anilines is 1. The van der Waals surface area contributed by atoms with Crippen molar-refractivity contribution in [1.82, 2.24) is 4.57 Å². The Morgan fingerprint density at radius 2 is 1.88 bits per heavy atom. The molecule has 0 unspecified atom stereocenters. The third kappa shape index (κ3) is 2.13. The van der Waals surface area contributed by atoms with Crippen molar-refractivity contribution in [2.75, 3.05) is 5.73 Å². The van der Waals surface area contributed by atoms with E-state index in [2.05, 4.69) is 13.8 Å². The highest BCUT2D eigenvalue weighted by atomic mass is 16.1. The van der Waals surface area contributed by atoms with Crippen molar-refractivity contribution in [3.05, 3.63) is 17.5 Å². The number of hydrogen-bond donors (Lipinski definition) is 1. The fourth-order valence-corrected chi connectivity index (χ4v) is 1.94. The van der Waals surface area contributed by atoms with Gasteiger partial charge in [0.05, 0.1) is 5.69 Å². The van der Waals surface area contributed by atoms with Gasteiger partial charge in [0.2, 0.25) is 0 Å². The Balaban J connectivity index is 3.39. The summed E-state index contributed by atoms with van der Waals surface area (Å²) in [5.41, 5.74) is 7.82. The second kappa shape index (κ2) is 3.96. The van der Waals surface area contributed by atoms with Gasteiger partial charge in [0, 0.05) is 17.2 Å². The van der Waals surface area contributed by atoms with Crippen molar-refractivity contribution in [3.8, 4) is 0 Å². The van der Waals surface area contributed by atoms with Crippen LogP contribution in [0.1, 0.15) is 56.8 Å². The van der Waals surface area contributed by atoms with Crippen LogP contribution in [0.25, 0.3) is 0 Å². The second-order valence-electron chi connectivity index (χ2n) is 5.63. The predicted octanol–water partition coefficient (Wildman–Crippen LogP) is 3.19. The van der Waals surface area contributed by atoms with Gasteiger partial charge in [-0.2, -0.15) is 0 Å². The van der Waals surface area contributed by atoms with Crippen LogP contribution < -0.4 is 5.73 Å². The first-order valence-corrected chi connectivity index (χ1v) is 5.68. The molecule has 0 radical (unpaired) electrons. The molecule has 0 amide bonds. The lowest BCUT2D eigenvalue weighted by atomic mass is 9.88. The van der Waals surface area contributed by atoms with Gasteiger partial charge in [-0.15, -0.1) is 0 Å². The molecular formula is C13H22N2O. The minimum absolute atomic E-state index is 0.104. The molecule has 0 saturated carbocycles. The average Bonchev–Trinajstić information content (AvgIpc) is 2.37. The van der Waals surface area contributed by atoms with E-state index >= 15 is 0 Å². The maximum absolute atomic E-state index is 12.3. The van der Waals surface area contributed by atoms with E-state index in [1.54, 1.807) is 0 Å². The highest BCUT2D eigenvalue weighted by Gasteiger charge is 2.29. The molecule has 0 bridgehead atoms. The van der Waals surface area contributed by atoms with Crippen molar-refractivity contribution >= 4 is 11.5 Å². The molecule has 2 N–H and O–H groups in total. The normalized spacial score (nSPS) is 12.2. The number of nitrogen functional groups attached to an aromatic ring is 1. The van der Waals surface area contributed by atoms with Crippen molar-refractivity contribution in [2.45, 2.75) is 47.6 Å². The van der Waals surface area contributed by atoms with Crippen molar-refractivity contribution in [3.63, 3.8) is 0 Å². The molecule has 1 rings (SSSR count). The summed E-state index contributed by atoms with van der Waals surface area (Å²) in [5, 5.41) is 0. The zero-order valence-electron chi connectivity index (χ0n) is 11.1. The summed E-state index contributed by atoms with van der Waals surface area (Å²) in [6.45, 7) is 11.9. The van der Waals surface area contributed by atoms with Gasteiger partial charge in [-0.3, -0.25) is 4.79 Å². The minimum Gasteiger partial charge on any atom is -0.397 e. The first-order valence-electron chi connectivity index (χ1n) is 5.68. The van der Waals surface area contributed by atoms with Gasteiger partial charge in [-0.25, -0.2) is 0 Å².